The highest BCUT2D eigenvalue weighted by Crippen LogP contribution is 2.39. The second kappa shape index (κ2) is 8.18. The molecule has 0 aliphatic carbocycles. The third-order valence-corrected chi connectivity index (χ3v) is 6.95. The van der Waals surface area contributed by atoms with Crippen LogP contribution >= 0.6 is 11.3 Å². The Morgan fingerprint density at radius 3 is 2.79 bits per heavy atom. The molecule has 1 saturated heterocycles. The number of aromatic nitrogens is 5. The first-order chi connectivity index (χ1) is 16.2. The lowest BCUT2D eigenvalue weighted by Gasteiger charge is -2.34. The summed E-state index contributed by atoms with van der Waals surface area (Å²) in [6.07, 6.45) is 3.58. The fraction of sp³-hybridized carbons (Fsp3) is 0.250. The molecule has 5 aromatic rings. The van der Waals surface area contributed by atoms with E-state index in [-0.39, 0.29) is 12.6 Å². The summed E-state index contributed by atoms with van der Waals surface area (Å²) in [7, 11) is 0. The number of aliphatic hydroxyl groups is 1. The van der Waals surface area contributed by atoms with Crippen molar-refractivity contribution < 1.29 is 9.84 Å². The number of ether oxygens (including phenoxy) is 1. The molecule has 4 aromatic heterocycles. The summed E-state index contributed by atoms with van der Waals surface area (Å²) < 4.78 is 8.57. The zero-order chi connectivity index (χ0) is 22.4. The van der Waals surface area contributed by atoms with Gasteiger partial charge in [0.2, 0.25) is 5.95 Å². The number of imidazole rings is 1. The summed E-state index contributed by atoms with van der Waals surface area (Å²) in [5, 5.41) is 12.2. The lowest BCUT2D eigenvalue weighted by atomic mass is 10.1. The minimum absolute atomic E-state index is 0.188. The molecule has 1 atom stereocenters. The second-order valence-corrected chi connectivity index (χ2v) is 8.92. The van der Waals surface area contributed by atoms with Crippen molar-refractivity contribution in [1.82, 2.24) is 24.5 Å². The summed E-state index contributed by atoms with van der Waals surface area (Å²) in [5.74, 6) is 1.90. The van der Waals surface area contributed by atoms with Gasteiger partial charge in [-0.25, -0.2) is 9.97 Å². The van der Waals surface area contributed by atoms with Crippen LogP contribution in [0.1, 0.15) is 12.7 Å². The molecule has 0 radical (unpaired) electrons. The number of nitrogens with zero attached hydrogens (tertiary/aromatic N) is 6. The number of benzene rings is 1. The highest BCUT2D eigenvalue weighted by molar-refractivity contribution is 7.18. The van der Waals surface area contributed by atoms with Gasteiger partial charge in [0.15, 0.2) is 5.82 Å². The first kappa shape index (κ1) is 20.2. The predicted octanol–water partition coefficient (Wildman–Crippen LogP) is 3.81. The molecular weight excluding hydrogens is 436 g/mol. The van der Waals surface area contributed by atoms with Crippen molar-refractivity contribution in [1.29, 1.82) is 0 Å². The number of aliphatic hydroxyl groups excluding tert-OH is 1. The Morgan fingerprint density at radius 1 is 1.12 bits per heavy atom. The number of anilines is 1. The van der Waals surface area contributed by atoms with Crippen LogP contribution in [0.25, 0.3) is 38.3 Å². The van der Waals surface area contributed by atoms with Crippen LogP contribution in [0, 0.1) is 0 Å². The van der Waals surface area contributed by atoms with Gasteiger partial charge in [0.25, 0.3) is 0 Å². The molecule has 0 spiro atoms. The molecule has 8 nitrogen and oxygen atoms in total. The molecule has 9 heteroatoms. The Morgan fingerprint density at radius 2 is 1.97 bits per heavy atom. The number of rotatable bonds is 4. The molecule has 6 rings (SSSR count). The van der Waals surface area contributed by atoms with Crippen LogP contribution in [0.5, 0.6) is 0 Å². The van der Waals surface area contributed by atoms with Crippen molar-refractivity contribution in [3.63, 3.8) is 0 Å². The molecule has 1 N–H and O–H groups in total. The quantitative estimate of drug-likeness (QED) is 0.438. The fourth-order valence-electron chi connectivity index (χ4n) is 4.37. The van der Waals surface area contributed by atoms with Gasteiger partial charge in [0, 0.05) is 29.9 Å². The number of morpholine rings is 1. The Bertz CT molecular complexity index is 1450. The molecular formula is C24H22N6O2S. The van der Waals surface area contributed by atoms with Crippen molar-refractivity contribution in [2.45, 2.75) is 19.6 Å². The van der Waals surface area contributed by atoms with E-state index in [1.165, 1.54) is 0 Å². The summed E-state index contributed by atoms with van der Waals surface area (Å²) >= 11 is 1.65. The Labute approximate surface area is 194 Å². The third-order valence-electron chi connectivity index (χ3n) is 5.99. The van der Waals surface area contributed by atoms with Gasteiger partial charge >= 0.3 is 0 Å². The first-order valence-corrected chi connectivity index (χ1v) is 11.7. The Balaban J connectivity index is 1.65. The number of hydrogen-bond acceptors (Lipinski definition) is 8. The first-order valence-electron chi connectivity index (χ1n) is 10.9. The van der Waals surface area contributed by atoms with Crippen LogP contribution in [0.15, 0.2) is 54.2 Å². The van der Waals surface area contributed by atoms with E-state index in [0.717, 1.165) is 44.7 Å². The number of thiophene rings is 1. The summed E-state index contributed by atoms with van der Waals surface area (Å²) in [4.78, 5) is 21.1. The number of hydrogen-bond donors (Lipinski definition) is 1. The van der Waals surface area contributed by atoms with Gasteiger partial charge in [-0.2, -0.15) is 4.98 Å². The maximum Gasteiger partial charge on any atom is 0.238 e. The number of para-hydroxylation sites is 2. The van der Waals surface area contributed by atoms with Gasteiger partial charge in [-0.1, -0.05) is 12.1 Å². The van der Waals surface area contributed by atoms with Gasteiger partial charge in [-0.15, -0.1) is 11.3 Å². The van der Waals surface area contributed by atoms with Crippen molar-refractivity contribution in [2.75, 3.05) is 24.7 Å². The van der Waals surface area contributed by atoms with E-state index >= 15 is 0 Å². The van der Waals surface area contributed by atoms with E-state index in [1.807, 2.05) is 41.0 Å². The highest BCUT2D eigenvalue weighted by Gasteiger charge is 2.26. The fourth-order valence-corrected chi connectivity index (χ4v) is 5.39. The monoisotopic (exact) mass is 458 g/mol. The van der Waals surface area contributed by atoms with Crippen molar-refractivity contribution >= 4 is 38.4 Å². The van der Waals surface area contributed by atoms with Crippen molar-refractivity contribution in [3.05, 3.63) is 60.0 Å². The van der Waals surface area contributed by atoms with Gasteiger partial charge < -0.3 is 14.7 Å². The molecule has 1 aliphatic rings. The van der Waals surface area contributed by atoms with Crippen LogP contribution in [0.4, 0.5) is 5.82 Å². The van der Waals surface area contributed by atoms with Gasteiger partial charge in [0.1, 0.15) is 12.4 Å². The van der Waals surface area contributed by atoms with E-state index < -0.39 is 0 Å². The maximum absolute atomic E-state index is 10.1. The second-order valence-electron chi connectivity index (χ2n) is 8.04. The molecule has 33 heavy (non-hydrogen) atoms. The average Bonchev–Trinajstić information content (AvgIpc) is 3.46. The predicted molar refractivity (Wildman–Crippen MR) is 129 cm³/mol. The Hall–Kier alpha value is -3.40. The van der Waals surface area contributed by atoms with E-state index in [0.29, 0.717) is 25.0 Å². The minimum atomic E-state index is -0.208. The topological polar surface area (TPSA) is 89.2 Å². The molecule has 5 heterocycles. The largest absolute Gasteiger partial charge is 0.388 e. The van der Waals surface area contributed by atoms with Gasteiger partial charge in [0.05, 0.1) is 40.5 Å². The van der Waals surface area contributed by atoms with Crippen molar-refractivity contribution in [3.8, 4) is 17.1 Å². The Kier molecular flexibility index (Phi) is 5.01. The standard InChI is InChI=1S/C24H22N6O2S/c1-15-13-32-11-10-29(15)23-22-21(17(14-33-22)16-6-8-25-9-7-16)27-24(28-23)30-19-5-3-2-4-18(19)26-20(30)12-31/h2-9,14-15,31H,10-13H2,1H3/t15-/m1/s1. The highest BCUT2D eigenvalue weighted by atomic mass is 32.1. The van der Waals surface area contributed by atoms with Gasteiger partial charge in [-0.05, 0) is 36.8 Å². The smallest absolute Gasteiger partial charge is 0.238 e. The van der Waals surface area contributed by atoms with Crippen LogP contribution in [0.2, 0.25) is 0 Å². The maximum atomic E-state index is 10.1. The van der Waals surface area contributed by atoms with Crippen LogP contribution < -0.4 is 4.90 Å². The van der Waals surface area contributed by atoms with E-state index in [9.17, 15) is 5.11 Å². The normalized spacial score (nSPS) is 16.7. The average molecular weight is 459 g/mol. The summed E-state index contributed by atoms with van der Waals surface area (Å²) in [5.41, 5.74) is 4.64. The molecule has 166 valence electrons. The van der Waals surface area contributed by atoms with E-state index in [2.05, 4.69) is 27.2 Å². The zero-order valence-electron chi connectivity index (χ0n) is 18.0. The SMILES string of the molecule is C[C@@H]1COCCN1c1nc(-n2c(CO)nc3ccccc32)nc2c(-c3ccncc3)csc12. The summed E-state index contributed by atoms with van der Waals surface area (Å²) in [6, 6.07) is 12.0. The molecule has 0 saturated carbocycles. The molecule has 1 aromatic carbocycles. The number of pyridine rings is 1. The van der Waals surface area contributed by atoms with Crippen LogP contribution in [-0.4, -0.2) is 55.4 Å². The van der Waals surface area contributed by atoms with Crippen LogP contribution in [-0.2, 0) is 11.3 Å². The molecule has 1 fully saturated rings. The minimum Gasteiger partial charge on any atom is -0.388 e. The molecule has 0 bridgehead atoms. The lowest BCUT2D eigenvalue weighted by molar-refractivity contribution is 0.0987. The zero-order valence-corrected chi connectivity index (χ0v) is 18.9. The lowest BCUT2D eigenvalue weighted by Crippen LogP contribution is -2.44. The van der Waals surface area contributed by atoms with Crippen molar-refractivity contribution in [2.24, 2.45) is 0 Å². The molecule has 0 unspecified atom stereocenters. The van der Waals surface area contributed by atoms with Gasteiger partial charge in [-0.3, -0.25) is 9.55 Å². The van der Waals surface area contributed by atoms with E-state index in [4.69, 9.17) is 14.7 Å². The van der Waals surface area contributed by atoms with E-state index in [1.54, 1.807) is 23.7 Å². The molecule has 0 amide bonds. The molecule has 1 aliphatic heterocycles. The third kappa shape index (κ3) is 3.36. The number of fused-ring (bicyclic) bond motifs is 2. The van der Waals surface area contributed by atoms with Crippen LogP contribution in [0.3, 0.4) is 0 Å². The summed E-state index contributed by atoms with van der Waals surface area (Å²) in [6.45, 7) is 4.01.